The minimum atomic E-state index is 0.0993. The minimum Gasteiger partial charge on any atom is -0.303 e. The number of fused-ring (bicyclic) bond motifs is 1. The third-order valence-electron chi connectivity index (χ3n) is 4.61. The van der Waals surface area contributed by atoms with Crippen LogP contribution in [0.15, 0.2) is 72.9 Å². The van der Waals surface area contributed by atoms with Crippen LogP contribution in [0, 0.1) is 13.8 Å². The van der Waals surface area contributed by atoms with Gasteiger partial charge in [0, 0.05) is 17.3 Å². The number of imidazole rings is 1. The molecule has 4 aromatic rings. The summed E-state index contributed by atoms with van der Waals surface area (Å²) in [6, 6.07) is 21.8. The number of nitrogens with zero attached hydrogens (tertiary/aromatic N) is 2. The smallest absolute Gasteiger partial charge is 0.168 e. The predicted octanol–water partition coefficient (Wildman–Crippen LogP) is 5.04. The maximum Gasteiger partial charge on any atom is 0.168 e. The molecule has 0 bridgehead atoms. The molecule has 3 heteroatoms. The number of hydrogen-bond acceptors (Lipinski definition) is 2. The van der Waals surface area contributed by atoms with Gasteiger partial charge in [-0.2, -0.15) is 0 Å². The molecule has 0 aliphatic heterocycles. The SMILES string of the molecule is Cc1ccc(-c2nc3ccc(C)cn3c2CC(=O)c2ccccc2)cc1. The van der Waals surface area contributed by atoms with Crippen molar-refractivity contribution < 1.29 is 4.79 Å². The summed E-state index contributed by atoms with van der Waals surface area (Å²) in [5, 5.41) is 0. The number of benzene rings is 2. The maximum atomic E-state index is 12.8. The highest BCUT2D eigenvalue weighted by atomic mass is 16.1. The van der Waals surface area contributed by atoms with Crippen molar-refractivity contribution in [2.24, 2.45) is 0 Å². The largest absolute Gasteiger partial charge is 0.303 e. The van der Waals surface area contributed by atoms with E-state index in [-0.39, 0.29) is 5.78 Å². The summed E-state index contributed by atoms with van der Waals surface area (Å²) in [5.41, 5.74) is 6.77. The van der Waals surface area contributed by atoms with Crippen LogP contribution in [0.4, 0.5) is 0 Å². The first-order valence-corrected chi connectivity index (χ1v) is 8.75. The molecule has 0 fully saturated rings. The van der Waals surface area contributed by atoms with Crippen molar-refractivity contribution in [2.45, 2.75) is 20.3 Å². The van der Waals surface area contributed by atoms with Crippen LogP contribution >= 0.6 is 0 Å². The molecule has 0 N–H and O–H groups in total. The van der Waals surface area contributed by atoms with Crippen LogP contribution in [0.3, 0.4) is 0 Å². The van der Waals surface area contributed by atoms with Crippen LogP contribution in [0.25, 0.3) is 16.9 Å². The summed E-state index contributed by atoms with van der Waals surface area (Å²) >= 11 is 0. The normalized spacial score (nSPS) is 11.0. The Kier molecular flexibility index (Phi) is 4.13. The van der Waals surface area contributed by atoms with Crippen molar-refractivity contribution in [3.05, 3.63) is 95.3 Å². The van der Waals surface area contributed by atoms with Crippen molar-refractivity contribution in [1.82, 2.24) is 9.38 Å². The molecular weight excluding hydrogens is 320 g/mol. The first kappa shape index (κ1) is 16.3. The van der Waals surface area contributed by atoms with E-state index in [9.17, 15) is 4.79 Å². The molecule has 0 spiro atoms. The fourth-order valence-corrected chi connectivity index (χ4v) is 3.19. The Morgan fingerprint density at radius 1 is 0.885 bits per heavy atom. The fraction of sp³-hybridized carbons (Fsp3) is 0.130. The van der Waals surface area contributed by atoms with Crippen molar-refractivity contribution in [1.29, 1.82) is 0 Å². The van der Waals surface area contributed by atoms with E-state index in [1.807, 2.05) is 60.0 Å². The van der Waals surface area contributed by atoms with Gasteiger partial charge in [-0.25, -0.2) is 4.98 Å². The highest BCUT2D eigenvalue weighted by molar-refractivity contribution is 5.98. The standard InChI is InChI=1S/C23H20N2O/c1-16-8-11-19(12-9-16)23-20(14-21(26)18-6-4-3-5-7-18)25-15-17(2)10-13-22(25)24-23/h3-13,15H,14H2,1-2H3. The van der Waals surface area contributed by atoms with Gasteiger partial charge in [-0.3, -0.25) is 4.79 Å². The molecule has 0 radical (unpaired) electrons. The lowest BCUT2D eigenvalue weighted by Gasteiger charge is -2.06. The maximum absolute atomic E-state index is 12.8. The Morgan fingerprint density at radius 3 is 2.31 bits per heavy atom. The molecule has 2 aromatic carbocycles. The molecule has 4 rings (SSSR count). The molecule has 0 saturated carbocycles. The average molecular weight is 340 g/mol. The Bertz CT molecular complexity index is 1080. The van der Waals surface area contributed by atoms with Crippen LogP contribution in [0.1, 0.15) is 27.2 Å². The number of hydrogen-bond donors (Lipinski definition) is 0. The van der Waals surface area contributed by atoms with Crippen LogP contribution in [-0.2, 0) is 6.42 Å². The number of ketones is 1. The number of carbonyl (C=O) groups is 1. The zero-order chi connectivity index (χ0) is 18.1. The number of Topliss-reactive ketones (excluding diaryl/α,β-unsaturated/α-hetero) is 1. The highest BCUT2D eigenvalue weighted by Gasteiger charge is 2.18. The molecule has 26 heavy (non-hydrogen) atoms. The Labute approximate surface area is 153 Å². The number of aryl methyl sites for hydroxylation is 2. The van der Waals surface area contributed by atoms with Gasteiger partial charge in [-0.05, 0) is 25.5 Å². The molecule has 0 aliphatic rings. The van der Waals surface area contributed by atoms with Crippen molar-refractivity contribution >= 4 is 11.4 Å². The molecule has 2 heterocycles. The zero-order valence-corrected chi connectivity index (χ0v) is 14.9. The highest BCUT2D eigenvalue weighted by Crippen LogP contribution is 2.26. The van der Waals surface area contributed by atoms with Crippen LogP contribution in [0.2, 0.25) is 0 Å². The lowest BCUT2D eigenvalue weighted by Crippen LogP contribution is -2.07. The second-order valence-electron chi connectivity index (χ2n) is 6.67. The summed E-state index contributed by atoms with van der Waals surface area (Å²) in [7, 11) is 0. The van der Waals surface area contributed by atoms with Gasteiger partial charge in [0.2, 0.25) is 0 Å². The van der Waals surface area contributed by atoms with Gasteiger partial charge in [-0.1, -0.05) is 66.2 Å². The topological polar surface area (TPSA) is 34.4 Å². The van der Waals surface area contributed by atoms with Crippen molar-refractivity contribution in [3.63, 3.8) is 0 Å². The van der Waals surface area contributed by atoms with Gasteiger partial charge in [-0.15, -0.1) is 0 Å². The Hall–Kier alpha value is -3.20. The molecular formula is C23H20N2O. The summed E-state index contributed by atoms with van der Waals surface area (Å²) in [6.45, 7) is 4.12. The van der Waals surface area contributed by atoms with Gasteiger partial charge >= 0.3 is 0 Å². The van der Waals surface area contributed by atoms with Gasteiger partial charge in [0.15, 0.2) is 5.78 Å². The van der Waals surface area contributed by atoms with Gasteiger partial charge < -0.3 is 4.40 Å². The summed E-state index contributed by atoms with van der Waals surface area (Å²) < 4.78 is 2.05. The summed E-state index contributed by atoms with van der Waals surface area (Å²) in [4.78, 5) is 17.6. The monoisotopic (exact) mass is 340 g/mol. The van der Waals surface area contributed by atoms with Gasteiger partial charge in [0.25, 0.3) is 0 Å². The fourth-order valence-electron chi connectivity index (χ4n) is 3.19. The number of carbonyl (C=O) groups excluding carboxylic acids is 1. The Morgan fingerprint density at radius 2 is 1.58 bits per heavy atom. The molecule has 0 atom stereocenters. The number of pyridine rings is 1. The Balaban J connectivity index is 1.85. The molecule has 0 aliphatic carbocycles. The van der Waals surface area contributed by atoms with E-state index in [1.54, 1.807) is 0 Å². The molecule has 3 nitrogen and oxygen atoms in total. The van der Waals surface area contributed by atoms with E-state index in [0.717, 1.165) is 33.7 Å². The van der Waals surface area contributed by atoms with Crippen molar-refractivity contribution in [3.8, 4) is 11.3 Å². The minimum absolute atomic E-state index is 0.0993. The van der Waals surface area contributed by atoms with E-state index in [0.29, 0.717) is 6.42 Å². The number of rotatable bonds is 4. The van der Waals surface area contributed by atoms with E-state index < -0.39 is 0 Å². The lowest BCUT2D eigenvalue weighted by molar-refractivity contribution is 0.0992. The summed E-state index contributed by atoms with van der Waals surface area (Å²) in [5.74, 6) is 0.0993. The lowest BCUT2D eigenvalue weighted by atomic mass is 10.0. The van der Waals surface area contributed by atoms with Crippen LogP contribution in [0.5, 0.6) is 0 Å². The van der Waals surface area contributed by atoms with Crippen LogP contribution in [-0.4, -0.2) is 15.2 Å². The summed E-state index contributed by atoms with van der Waals surface area (Å²) in [6.07, 6.45) is 2.37. The first-order chi connectivity index (χ1) is 12.6. The predicted molar refractivity (Wildman–Crippen MR) is 105 cm³/mol. The van der Waals surface area contributed by atoms with Gasteiger partial charge in [0.1, 0.15) is 5.65 Å². The molecule has 128 valence electrons. The molecule has 0 amide bonds. The molecule has 0 unspecified atom stereocenters. The third kappa shape index (κ3) is 3.04. The molecule has 0 saturated heterocycles. The third-order valence-corrected chi connectivity index (χ3v) is 4.61. The quantitative estimate of drug-likeness (QED) is 0.488. The number of aromatic nitrogens is 2. The average Bonchev–Trinajstić information content (AvgIpc) is 3.01. The van der Waals surface area contributed by atoms with E-state index in [1.165, 1.54) is 5.56 Å². The second kappa shape index (κ2) is 6.60. The van der Waals surface area contributed by atoms with E-state index >= 15 is 0 Å². The van der Waals surface area contributed by atoms with E-state index in [4.69, 9.17) is 4.98 Å². The zero-order valence-electron chi connectivity index (χ0n) is 14.9. The van der Waals surface area contributed by atoms with Gasteiger partial charge in [0.05, 0.1) is 17.8 Å². The van der Waals surface area contributed by atoms with E-state index in [2.05, 4.69) is 31.2 Å². The first-order valence-electron chi connectivity index (χ1n) is 8.75. The molecule has 2 aromatic heterocycles. The van der Waals surface area contributed by atoms with Crippen molar-refractivity contribution in [2.75, 3.05) is 0 Å². The van der Waals surface area contributed by atoms with Crippen LogP contribution < -0.4 is 0 Å². The second-order valence-corrected chi connectivity index (χ2v) is 6.67.